The number of carboxylic acid groups (broad SMARTS) is 1. The Hall–Kier alpha value is -2.09. The number of carbonyl (C=O) groups is 1. The van der Waals surface area contributed by atoms with Crippen molar-refractivity contribution < 1.29 is 9.90 Å². The zero-order chi connectivity index (χ0) is 16.5. The molecule has 2 rings (SSSR count). The normalized spacial score (nSPS) is 25.6. The Bertz CT molecular complexity index is 615. The molecule has 118 valence electrons. The highest BCUT2D eigenvalue weighted by Gasteiger charge is 2.48. The second-order valence-corrected chi connectivity index (χ2v) is 7.17. The number of hydrogen-bond acceptors (Lipinski definition) is 3. The Morgan fingerprint density at radius 2 is 2.23 bits per heavy atom. The Kier molecular flexibility index (Phi) is 4.15. The van der Waals surface area contributed by atoms with Gasteiger partial charge >= 0.3 is 6.09 Å². The van der Waals surface area contributed by atoms with E-state index in [-0.39, 0.29) is 11.5 Å². The molecule has 2 atom stereocenters. The molecule has 1 aromatic heterocycles. The lowest BCUT2D eigenvalue weighted by Gasteiger charge is -2.47. The summed E-state index contributed by atoms with van der Waals surface area (Å²) in [5.41, 5.74) is 0.830. The first-order valence-corrected chi connectivity index (χ1v) is 7.54. The molecule has 0 radical (unpaired) electrons. The van der Waals surface area contributed by atoms with Crippen molar-refractivity contribution in [3.63, 3.8) is 0 Å². The van der Waals surface area contributed by atoms with Crippen LogP contribution in [0.15, 0.2) is 18.3 Å². The molecule has 2 unspecified atom stereocenters. The molecule has 5 heteroatoms. The van der Waals surface area contributed by atoms with Crippen molar-refractivity contribution in [2.24, 2.45) is 5.41 Å². The minimum absolute atomic E-state index is 0.209. The van der Waals surface area contributed by atoms with Gasteiger partial charge in [-0.25, -0.2) is 4.79 Å². The van der Waals surface area contributed by atoms with Crippen molar-refractivity contribution in [1.82, 2.24) is 9.88 Å². The summed E-state index contributed by atoms with van der Waals surface area (Å²) in [6.45, 7) is 8.38. The number of amides is 1. The third-order valence-electron chi connectivity index (χ3n) is 4.62. The van der Waals surface area contributed by atoms with E-state index in [1.807, 2.05) is 39.8 Å². The summed E-state index contributed by atoms with van der Waals surface area (Å²) in [6.07, 6.45) is 1.76. The fourth-order valence-electron chi connectivity index (χ4n) is 3.37. The molecule has 1 fully saturated rings. The van der Waals surface area contributed by atoms with Gasteiger partial charge in [0, 0.05) is 18.8 Å². The maximum absolute atomic E-state index is 11.5. The zero-order valence-electron chi connectivity index (χ0n) is 13.6. The number of piperidine rings is 1. The smallest absolute Gasteiger partial charge is 0.407 e. The molecule has 0 aromatic carbocycles. The predicted molar refractivity (Wildman–Crippen MR) is 83.5 cm³/mol. The van der Waals surface area contributed by atoms with E-state index in [0.29, 0.717) is 19.4 Å². The van der Waals surface area contributed by atoms with Crippen molar-refractivity contribution >= 4 is 6.09 Å². The summed E-state index contributed by atoms with van der Waals surface area (Å²) in [4.78, 5) is 17.5. The highest BCUT2D eigenvalue weighted by atomic mass is 16.4. The van der Waals surface area contributed by atoms with E-state index in [1.165, 1.54) is 4.90 Å². The van der Waals surface area contributed by atoms with E-state index in [4.69, 9.17) is 0 Å². The van der Waals surface area contributed by atoms with E-state index in [2.05, 4.69) is 11.1 Å². The molecule has 1 aliphatic rings. The molecule has 0 saturated carbocycles. The van der Waals surface area contributed by atoms with E-state index in [0.717, 1.165) is 11.3 Å². The van der Waals surface area contributed by atoms with Crippen LogP contribution in [0.1, 0.15) is 44.9 Å². The summed E-state index contributed by atoms with van der Waals surface area (Å²) >= 11 is 0. The van der Waals surface area contributed by atoms with Gasteiger partial charge in [0.25, 0.3) is 0 Å². The fourth-order valence-corrected chi connectivity index (χ4v) is 3.37. The van der Waals surface area contributed by atoms with Crippen LogP contribution in [-0.4, -0.2) is 33.7 Å². The van der Waals surface area contributed by atoms with Crippen molar-refractivity contribution in [2.45, 2.75) is 52.0 Å². The van der Waals surface area contributed by atoms with Crippen LogP contribution in [0.2, 0.25) is 0 Å². The van der Waals surface area contributed by atoms with Crippen LogP contribution in [-0.2, 0) is 5.41 Å². The fraction of sp³-hybridized carbons (Fsp3) is 0.588. The number of aryl methyl sites for hydroxylation is 1. The number of aromatic nitrogens is 1. The van der Waals surface area contributed by atoms with Gasteiger partial charge < -0.3 is 10.0 Å². The summed E-state index contributed by atoms with van der Waals surface area (Å²) in [6, 6.07) is 6.06. The van der Waals surface area contributed by atoms with E-state index in [1.54, 1.807) is 6.20 Å². The Morgan fingerprint density at radius 1 is 1.55 bits per heavy atom. The average molecular weight is 301 g/mol. The maximum Gasteiger partial charge on any atom is 0.407 e. The van der Waals surface area contributed by atoms with Gasteiger partial charge in [0.1, 0.15) is 5.41 Å². The van der Waals surface area contributed by atoms with Gasteiger partial charge in [-0.2, -0.15) is 5.26 Å². The molecule has 0 aliphatic carbocycles. The van der Waals surface area contributed by atoms with Crippen LogP contribution in [0.25, 0.3) is 0 Å². The quantitative estimate of drug-likeness (QED) is 0.863. The van der Waals surface area contributed by atoms with Gasteiger partial charge in [0.15, 0.2) is 0 Å². The third-order valence-corrected chi connectivity index (χ3v) is 4.62. The van der Waals surface area contributed by atoms with E-state index >= 15 is 0 Å². The Balaban J connectivity index is 2.47. The number of nitriles is 1. The molecule has 22 heavy (non-hydrogen) atoms. The number of rotatable bonds is 1. The Labute approximate surface area is 131 Å². The first-order valence-electron chi connectivity index (χ1n) is 7.54. The molecule has 1 saturated heterocycles. The summed E-state index contributed by atoms with van der Waals surface area (Å²) in [5.74, 6) is 0. The van der Waals surface area contributed by atoms with E-state index in [9.17, 15) is 15.2 Å². The predicted octanol–water partition coefficient (Wildman–Crippen LogP) is 3.34. The molecular weight excluding hydrogens is 278 g/mol. The third kappa shape index (κ3) is 2.78. The first-order chi connectivity index (χ1) is 10.2. The number of hydrogen-bond donors (Lipinski definition) is 1. The van der Waals surface area contributed by atoms with Crippen LogP contribution in [0.3, 0.4) is 0 Å². The van der Waals surface area contributed by atoms with Crippen molar-refractivity contribution in [3.8, 4) is 6.07 Å². The van der Waals surface area contributed by atoms with Crippen LogP contribution in [0.4, 0.5) is 4.79 Å². The van der Waals surface area contributed by atoms with E-state index < -0.39 is 11.5 Å². The van der Waals surface area contributed by atoms with Gasteiger partial charge in [0.05, 0.1) is 11.8 Å². The Morgan fingerprint density at radius 3 is 2.73 bits per heavy atom. The monoisotopic (exact) mass is 301 g/mol. The summed E-state index contributed by atoms with van der Waals surface area (Å²) in [7, 11) is 0. The highest BCUT2D eigenvalue weighted by molar-refractivity contribution is 5.66. The van der Waals surface area contributed by atoms with Gasteiger partial charge in [-0.3, -0.25) is 4.98 Å². The second kappa shape index (κ2) is 5.60. The largest absolute Gasteiger partial charge is 0.465 e. The maximum atomic E-state index is 11.5. The van der Waals surface area contributed by atoms with Crippen LogP contribution in [0, 0.1) is 23.7 Å². The lowest BCUT2D eigenvalue weighted by atomic mass is 9.67. The molecule has 1 N–H and O–H groups in total. The molecule has 0 spiro atoms. The highest BCUT2D eigenvalue weighted by Crippen LogP contribution is 2.43. The van der Waals surface area contributed by atoms with Gasteiger partial charge in [0.2, 0.25) is 0 Å². The minimum Gasteiger partial charge on any atom is -0.465 e. The SMILES string of the molecule is Cc1cccnc1C1(C#N)CCN(C(=O)O)C(C(C)(C)C)C1. The van der Waals surface area contributed by atoms with Crippen molar-refractivity contribution in [2.75, 3.05) is 6.54 Å². The van der Waals surface area contributed by atoms with Gasteiger partial charge in [-0.05, 0) is 36.8 Å². The van der Waals surface area contributed by atoms with Crippen molar-refractivity contribution in [1.29, 1.82) is 5.26 Å². The van der Waals surface area contributed by atoms with Crippen LogP contribution >= 0.6 is 0 Å². The average Bonchev–Trinajstić information content (AvgIpc) is 2.46. The van der Waals surface area contributed by atoms with Crippen LogP contribution in [0.5, 0.6) is 0 Å². The molecule has 2 heterocycles. The number of likely N-dealkylation sites (tertiary alicyclic amines) is 1. The second-order valence-electron chi connectivity index (χ2n) is 7.17. The zero-order valence-corrected chi connectivity index (χ0v) is 13.6. The molecule has 1 aromatic rings. The lowest BCUT2D eigenvalue weighted by molar-refractivity contribution is 0.0404. The number of pyridine rings is 1. The molecule has 1 amide bonds. The number of nitrogens with zero attached hydrogens (tertiary/aromatic N) is 3. The summed E-state index contributed by atoms with van der Waals surface area (Å²) < 4.78 is 0. The van der Waals surface area contributed by atoms with Gasteiger partial charge in [-0.1, -0.05) is 26.8 Å². The molecule has 1 aliphatic heterocycles. The first kappa shape index (κ1) is 16.3. The van der Waals surface area contributed by atoms with Crippen LogP contribution < -0.4 is 0 Å². The topological polar surface area (TPSA) is 77.2 Å². The van der Waals surface area contributed by atoms with Crippen molar-refractivity contribution in [3.05, 3.63) is 29.6 Å². The molecular formula is C17H23N3O2. The lowest BCUT2D eigenvalue weighted by Crippen LogP contribution is -2.55. The summed E-state index contributed by atoms with van der Waals surface area (Å²) in [5, 5.41) is 19.3. The minimum atomic E-state index is -0.913. The van der Waals surface area contributed by atoms with Gasteiger partial charge in [-0.15, -0.1) is 0 Å². The standard InChI is InChI=1S/C17H23N3O2/c1-12-6-5-8-19-14(12)17(11-18)7-9-20(15(21)22)13(10-17)16(2,3)4/h5-6,8,13H,7,9-10H2,1-4H3,(H,21,22). The molecule has 0 bridgehead atoms. The molecule has 5 nitrogen and oxygen atoms in total.